The van der Waals surface area contributed by atoms with Gasteiger partial charge in [-0.3, -0.25) is 24.0 Å². The van der Waals surface area contributed by atoms with Gasteiger partial charge < -0.3 is 19.7 Å². The van der Waals surface area contributed by atoms with Crippen LogP contribution in [0.3, 0.4) is 0 Å². The molecule has 10 heteroatoms. The van der Waals surface area contributed by atoms with Gasteiger partial charge in [0, 0.05) is 31.7 Å². The van der Waals surface area contributed by atoms with Gasteiger partial charge in [0.15, 0.2) is 11.6 Å². The molecule has 2 amide bonds. The highest BCUT2D eigenvalue weighted by Crippen LogP contribution is 2.65. The third-order valence-electron chi connectivity index (χ3n) is 10.8. The fourth-order valence-corrected chi connectivity index (χ4v) is 7.70. The Kier molecular flexibility index (Phi) is 11.4. The van der Waals surface area contributed by atoms with Crippen LogP contribution < -0.4 is 5.32 Å². The van der Waals surface area contributed by atoms with Gasteiger partial charge in [-0.25, -0.2) is 4.79 Å². The standard InChI is InChI=1S/C37H56N2O8/c1-8-9-14-24(32(43)26(40)17-13-18-28(42)46-37(7)19-20-37)21-27(41)31-29-25(36(29,5)6)22-39(31)33(44)30(23-15-11-10-12-16-23)38-34(45)47-35(2,3)4/h8,23-25,29-31H,1,9-22H2,2-7H3,(H,38,45)/t24?,25-,29-,30-,31+/m0/s1. The Morgan fingerprint density at radius 3 is 2.26 bits per heavy atom. The first-order valence-corrected chi connectivity index (χ1v) is 17.7. The van der Waals surface area contributed by atoms with Crippen LogP contribution in [0.25, 0.3) is 0 Å². The van der Waals surface area contributed by atoms with Gasteiger partial charge in [-0.15, -0.1) is 6.58 Å². The Labute approximate surface area is 280 Å². The summed E-state index contributed by atoms with van der Waals surface area (Å²) in [6, 6.07) is -1.54. The first kappa shape index (κ1) is 36.8. The summed E-state index contributed by atoms with van der Waals surface area (Å²) in [7, 11) is 0. The summed E-state index contributed by atoms with van der Waals surface area (Å²) in [6.45, 7) is 15.5. The van der Waals surface area contributed by atoms with Gasteiger partial charge in [0.1, 0.15) is 17.2 Å². The van der Waals surface area contributed by atoms with Crippen molar-refractivity contribution in [3.05, 3.63) is 12.7 Å². The number of fused-ring (bicyclic) bond motifs is 1. The average molecular weight is 657 g/mol. The Bertz CT molecular complexity index is 1240. The maximum atomic E-state index is 14.3. The number of ketones is 3. The van der Waals surface area contributed by atoms with Crippen LogP contribution in [-0.4, -0.2) is 70.0 Å². The van der Waals surface area contributed by atoms with Crippen LogP contribution in [0.4, 0.5) is 4.79 Å². The number of carbonyl (C=O) groups is 6. The van der Waals surface area contributed by atoms with Crippen LogP contribution in [-0.2, 0) is 33.4 Å². The van der Waals surface area contributed by atoms with Gasteiger partial charge in [-0.2, -0.15) is 0 Å². The van der Waals surface area contributed by atoms with E-state index in [0.29, 0.717) is 19.4 Å². The number of alkyl carbamates (subject to hydrolysis) is 1. The highest BCUT2D eigenvalue weighted by molar-refractivity contribution is 6.38. The average Bonchev–Trinajstić information content (AvgIpc) is 3.76. The molecule has 0 aromatic heterocycles. The van der Waals surface area contributed by atoms with Gasteiger partial charge in [0.2, 0.25) is 11.7 Å². The number of esters is 1. The molecule has 3 aliphatic carbocycles. The zero-order valence-corrected chi connectivity index (χ0v) is 29.4. The van der Waals surface area contributed by atoms with Crippen molar-refractivity contribution >= 4 is 35.3 Å². The summed E-state index contributed by atoms with van der Waals surface area (Å²) in [5, 5.41) is 2.87. The van der Waals surface area contributed by atoms with Gasteiger partial charge in [0.25, 0.3) is 0 Å². The molecular formula is C37H56N2O8. The van der Waals surface area contributed by atoms with Crippen molar-refractivity contribution in [2.24, 2.45) is 29.1 Å². The third kappa shape index (κ3) is 9.32. The fourth-order valence-electron chi connectivity index (χ4n) is 7.70. The molecule has 0 aromatic rings. The number of nitrogens with one attached hydrogen (secondary N) is 1. The normalized spacial score (nSPS) is 25.5. The summed E-state index contributed by atoms with van der Waals surface area (Å²) < 4.78 is 10.9. The number of hydrogen-bond donors (Lipinski definition) is 1. The van der Waals surface area contributed by atoms with E-state index in [2.05, 4.69) is 25.7 Å². The number of hydrogen-bond acceptors (Lipinski definition) is 8. The van der Waals surface area contributed by atoms with Gasteiger partial charge in [-0.05, 0) is 95.8 Å². The largest absolute Gasteiger partial charge is 0.459 e. The number of amides is 2. The second kappa shape index (κ2) is 14.6. The zero-order chi connectivity index (χ0) is 34.7. The van der Waals surface area contributed by atoms with Crippen LogP contribution in [0, 0.1) is 29.1 Å². The summed E-state index contributed by atoms with van der Waals surface area (Å²) >= 11 is 0. The first-order chi connectivity index (χ1) is 22.0. The second-order valence-corrected chi connectivity index (χ2v) is 16.2. The van der Waals surface area contributed by atoms with Crippen molar-refractivity contribution in [1.82, 2.24) is 10.2 Å². The molecule has 10 nitrogen and oxygen atoms in total. The molecule has 3 saturated carbocycles. The summed E-state index contributed by atoms with van der Waals surface area (Å²) in [5.74, 6) is -2.91. The van der Waals surface area contributed by atoms with Gasteiger partial charge >= 0.3 is 12.1 Å². The van der Waals surface area contributed by atoms with Crippen molar-refractivity contribution in [1.29, 1.82) is 0 Å². The minimum atomic E-state index is -0.836. The highest BCUT2D eigenvalue weighted by atomic mass is 16.6. The fraction of sp³-hybridized carbons (Fsp3) is 0.784. The molecule has 4 fully saturated rings. The van der Waals surface area contributed by atoms with Crippen LogP contribution in [0.2, 0.25) is 0 Å². The molecule has 4 rings (SSSR count). The quantitative estimate of drug-likeness (QED) is 0.123. The molecule has 0 radical (unpaired) electrons. The number of nitrogens with zero attached hydrogens (tertiary/aromatic N) is 1. The summed E-state index contributed by atoms with van der Waals surface area (Å²) in [6.07, 6.45) is 8.05. The van der Waals surface area contributed by atoms with Crippen molar-refractivity contribution in [3.8, 4) is 0 Å². The molecule has 5 atom stereocenters. The number of Topliss-reactive ketones (excluding diaryl/α,β-unsaturated/α-hetero) is 3. The van der Waals surface area contributed by atoms with Crippen LogP contribution in [0.15, 0.2) is 12.7 Å². The van der Waals surface area contributed by atoms with E-state index >= 15 is 0 Å². The summed E-state index contributed by atoms with van der Waals surface area (Å²) in [4.78, 5) is 81.6. The molecule has 0 aromatic carbocycles. The molecule has 0 bridgehead atoms. The number of ether oxygens (including phenoxy) is 2. The molecule has 47 heavy (non-hydrogen) atoms. The smallest absolute Gasteiger partial charge is 0.408 e. The maximum Gasteiger partial charge on any atom is 0.408 e. The van der Waals surface area contributed by atoms with Gasteiger partial charge in [-0.1, -0.05) is 39.2 Å². The monoisotopic (exact) mass is 656 g/mol. The van der Waals surface area contributed by atoms with Crippen LogP contribution in [0.1, 0.15) is 125 Å². The molecular weight excluding hydrogens is 600 g/mol. The Morgan fingerprint density at radius 2 is 1.66 bits per heavy atom. The molecule has 262 valence electrons. The Balaban J connectivity index is 1.46. The minimum absolute atomic E-state index is 0.0572. The number of allylic oxidation sites excluding steroid dienone is 1. The van der Waals surface area contributed by atoms with E-state index < -0.39 is 41.3 Å². The zero-order valence-electron chi connectivity index (χ0n) is 29.4. The molecule has 1 unspecified atom stereocenters. The lowest BCUT2D eigenvalue weighted by Gasteiger charge is -2.37. The van der Waals surface area contributed by atoms with Crippen molar-refractivity contribution in [2.75, 3.05) is 6.54 Å². The molecule has 4 aliphatic rings. The van der Waals surface area contributed by atoms with Gasteiger partial charge in [0.05, 0.1) is 6.04 Å². The molecule has 0 spiro atoms. The molecule has 1 saturated heterocycles. The first-order valence-electron chi connectivity index (χ1n) is 17.7. The van der Waals surface area contributed by atoms with E-state index in [1.54, 1.807) is 31.7 Å². The van der Waals surface area contributed by atoms with Crippen molar-refractivity contribution in [2.45, 2.75) is 148 Å². The summed E-state index contributed by atoms with van der Waals surface area (Å²) in [5.41, 5.74) is -1.26. The molecule has 1 N–H and O–H groups in total. The molecule has 1 heterocycles. The van der Waals surface area contributed by atoms with E-state index in [4.69, 9.17) is 9.47 Å². The van der Waals surface area contributed by atoms with Crippen LogP contribution in [0.5, 0.6) is 0 Å². The predicted molar refractivity (Wildman–Crippen MR) is 176 cm³/mol. The van der Waals surface area contributed by atoms with E-state index in [1.807, 2.05) is 6.92 Å². The lowest BCUT2D eigenvalue weighted by molar-refractivity contribution is -0.150. The maximum absolute atomic E-state index is 14.3. The Hall–Kier alpha value is -3.04. The number of piperidine rings is 1. The molecule has 1 aliphatic heterocycles. The number of carbonyl (C=O) groups excluding carboxylic acids is 6. The highest BCUT2D eigenvalue weighted by Gasteiger charge is 2.69. The number of rotatable bonds is 16. The van der Waals surface area contributed by atoms with Crippen LogP contribution >= 0.6 is 0 Å². The Morgan fingerprint density at radius 1 is 1.00 bits per heavy atom. The minimum Gasteiger partial charge on any atom is -0.459 e. The lowest BCUT2D eigenvalue weighted by atomic mass is 9.82. The SMILES string of the molecule is C=CCCC(CC(=O)[C@@H]1[C@@H]2[C@H](CN1C(=O)[C@@H](NC(=O)OC(C)(C)C)C1CCCCC1)C2(C)C)C(=O)C(=O)CCCC(=O)OC1(C)CC1. The van der Waals surface area contributed by atoms with E-state index in [-0.39, 0.29) is 72.1 Å². The topological polar surface area (TPSA) is 136 Å². The van der Waals surface area contributed by atoms with E-state index in [0.717, 1.165) is 44.9 Å². The van der Waals surface area contributed by atoms with Crippen molar-refractivity contribution in [3.63, 3.8) is 0 Å². The second-order valence-electron chi connectivity index (χ2n) is 16.2. The lowest BCUT2D eigenvalue weighted by Crippen LogP contribution is -2.57. The predicted octanol–water partition coefficient (Wildman–Crippen LogP) is 5.89. The number of likely N-dealkylation sites (tertiary alicyclic amines) is 1. The third-order valence-corrected chi connectivity index (χ3v) is 10.8. The van der Waals surface area contributed by atoms with Crippen molar-refractivity contribution < 1.29 is 38.2 Å². The van der Waals surface area contributed by atoms with E-state index in [9.17, 15) is 28.8 Å². The van der Waals surface area contributed by atoms with E-state index in [1.165, 1.54) is 0 Å².